The summed E-state index contributed by atoms with van der Waals surface area (Å²) in [6, 6.07) is 16.2. The molecule has 1 aliphatic rings. The highest BCUT2D eigenvalue weighted by Crippen LogP contribution is 2.24. The van der Waals surface area contributed by atoms with E-state index >= 15 is 0 Å². The van der Waals surface area contributed by atoms with Gasteiger partial charge in [-0.3, -0.25) is 19.4 Å². The Morgan fingerprint density at radius 1 is 1.04 bits per heavy atom. The molecule has 45 heavy (non-hydrogen) atoms. The van der Waals surface area contributed by atoms with Gasteiger partial charge in [-0.1, -0.05) is 64.1 Å². The molecule has 3 unspecified atom stereocenters. The molecule has 0 saturated carbocycles. The number of hydrogen-bond acceptors (Lipinski definition) is 8. The van der Waals surface area contributed by atoms with Crippen LogP contribution in [0, 0.1) is 5.92 Å². The minimum atomic E-state index is -0.588. The number of carbonyl (C=O) groups is 4. The van der Waals surface area contributed by atoms with E-state index in [2.05, 4.69) is 88.2 Å². The summed E-state index contributed by atoms with van der Waals surface area (Å²) in [5.74, 6) is -0.526. The Labute approximate surface area is 267 Å². The molecule has 3 atom stereocenters. The normalized spacial score (nSPS) is 15.8. The van der Waals surface area contributed by atoms with Gasteiger partial charge in [0.2, 0.25) is 12.3 Å². The molecule has 2 aromatic carbocycles. The monoisotopic (exact) mass is 619 g/mol. The minimum Gasteiger partial charge on any atom is -0.468 e. The number of pyridine rings is 1. The van der Waals surface area contributed by atoms with Crippen molar-refractivity contribution >= 4 is 35.3 Å². The molecule has 0 radical (unpaired) electrons. The van der Waals surface area contributed by atoms with Gasteiger partial charge in [-0.05, 0) is 67.2 Å². The molecule has 1 aliphatic heterocycles. The van der Waals surface area contributed by atoms with Gasteiger partial charge in [0.05, 0.1) is 18.8 Å². The quantitative estimate of drug-likeness (QED) is 0.227. The van der Waals surface area contributed by atoms with E-state index in [0.717, 1.165) is 37.9 Å². The van der Waals surface area contributed by atoms with Crippen LogP contribution >= 0.6 is 0 Å². The molecule has 244 valence electrons. The number of rotatable bonds is 10. The van der Waals surface area contributed by atoms with Crippen LogP contribution in [-0.2, 0) is 36.8 Å². The Bertz CT molecular complexity index is 1400. The summed E-state index contributed by atoms with van der Waals surface area (Å²) in [4.78, 5) is 47.6. The van der Waals surface area contributed by atoms with E-state index in [0.29, 0.717) is 12.7 Å². The number of amides is 2. The molecule has 0 spiro atoms. The number of nitrogens with one attached hydrogen (secondary N) is 3. The van der Waals surface area contributed by atoms with Crippen molar-refractivity contribution in [1.82, 2.24) is 26.1 Å². The summed E-state index contributed by atoms with van der Waals surface area (Å²) in [6.07, 6.45) is 7.13. The smallest absolute Gasteiger partial charge is 0.324 e. The van der Waals surface area contributed by atoms with Crippen molar-refractivity contribution < 1.29 is 23.9 Å². The SMILES string of the molecule is CC(C=O)NC(=O)C(NC=O)C(C)C.CCc1cccc(-c2cc3cc(CC)ccc3cn2)c1.COC(=O)C1CCCN(C)N1. The van der Waals surface area contributed by atoms with Gasteiger partial charge in [0.15, 0.2) is 0 Å². The predicted molar refractivity (Wildman–Crippen MR) is 178 cm³/mol. The standard InChI is InChI=1S/C19H19N.C9H16N2O3.C7H14N2O2/c1-3-14-6-5-7-16(10-14)19-12-18-11-15(4-2)8-9-17(18)13-20-19;1-6(2)8(10-5-13)9(14)11-7(3)4-12;1-9-5-3-4-6(8-9)7(10)11-2/h5-13H,3-4H2,1-2H3;4-8H,1-3H3,(H,10,13)(H,11,14);6,8H,3-5H2,1-2H3. The van der Waals surface area contributed by atoms with Gasteiger partial charge < -0.3 is 20.2 Å². The zero-order valence-electron chi connectivity index (χ0n) is 27.6. The summed E-state index contributed by atoms with van der Waals surface area (Å²) in [5.41, 5.74) is 8.01. The number of aldehydes is 1. The summed E-state index contributed by atoms with van der Waals surface area (Å²) in [5, 5.41) is 9.27. The summed E-state index contributed by atoms with van der Waals surface area (Å²) >= 11 is 0. The third kappa shape index (κ3) is 12.0. The van der Waals surface area contributed by atoms with Crippen LogP contribution < -0.4 is 16.1 Å². The second-order valence-electron chi connectivity index (χ2n) is 11.4. The Balaban J connectivity index is 0.000000249. The molecule has 2 heterocycles. The van der Waals surface area contributed by atoms with Crippen LogP contribution in [0.15, 0.2) is 54.7 Å². The van der Waals surface area contributed by atoms with E-state index in [4.69, 9.17) is 0 Å². The summed E-state index contributed by atoms with van der Waals surface area (Å²) < 4.78 is 4.61. The fourth-order valence-corrected chi connectivity index (χ4v) is 4.75. The fraction of sp³-hybridized carbons (Fsp3) is 0.457. The maximum Gasteiger partial charge on any atom is 0.324 e. The van der Waals surface area contributed by atoms with Crippen molar-refractivity contribution in [3.8, 4) is 11.3 Å². The van der Waals surface area contributed by atoms with E-state index in [1.165, 1.54) is 34.6 Å². The van der Waals surface area contributed by atoms with Crippen molar-refractivity contribution in [2.75, 3.05) is 20.7 Å². The van der Waals surface area contributed by atoms with E-state index in [1.54, 1.807) is 6.92 Å². The van der Waals surface area contributed by atoms with Crippen molar-refractivity contribution in [3.05, 3.63) is 65.9 Å². The van der Waals surface area contributed by atoms with Crippen LogP contribution in [-0.4, -0.2) is 73.4 Å². The van der Waals surface area contributed by atoms with Gasteiger partial charge in [-0.25, -0.2) is 10.4 Å². The Morgan fingerprint density at radius 3 is 2.36 bits per heavy atom. The van der Waals surface area contributed by atoms with Crippen LogP contribution in [0.4, 0.5) is 0 Å². The van der Waals surface area contributed by atoms with E-state index in [1.807, 2.05) is 32.1 Å². The van der Waals surface area contributed by atoms with Gasteiger partial charge >= 0.3 is 5.97 Å². The highest BCUT2D eigenvalue weighted by atomic mass is 16.5. The number of fused-ring (bicyclic) bond motifs is 1. The zero-order valence-corrected chi connectivity index (χ0v) is 27.6. The largest absolute Gasteiger partial charge is 0.468 e. The molecule has 1 fully saturated rings. The molecule has 0 aliphatic carbocycles. The highest BCUT2D eigenvalue weighted by Gasteiger charge is 2.23. The number of hydrogen-bond donors (Lipinski definition) is 3. The van der Waals surface area contributed by atoms with Gasteiger partial charge in [-0.15, -0.1) is 0 Å². The number of aryl methyl sites for hydroxylation is 2. The number of hydrazine groups is 1. The van der Waals surface area contributed by atoms with Crippen LogP contribution in [0.3, 0.4) is 0 Å². The summed E-state index contributed by atoms with van der Waals surface area (Å²) in [7, 11) is 3.34. The average Bonchev–Trinajstić information content (AvgIpc) is 3.06. The summed E-state index contributed by atoms with van der Waals surface area (Å²) in [6.45, 7) is 10.6. The lowest BCUT2D eigenvalue weighted by molar-refractivity contribution is -0.145. The number of ether oxygens (including phenoxy) is 1. The molecule has 2 amide bonds. The molecule has 3 aromatic rings. The van der Waals surface area contributed by atoms with Crippen molar-refractivity contribution in [3.63, 3.8) is 0 Å². The van der Waals surface area contributed by atoms with Crippen LogP contribution in [0.25, 0.3) is 22.0 Å². The first-order chi connectivity index (χ1) is 21.6. The molecular weight excluding hydrogens is 570 g/mol. The van der Waals surface area contributed by atoms with Gasteiger partial charge in [0.25, 0.3) is 0 Å². The van der Waals surface area contributed by atoms with Crippen LogP contribution in [0.2, 0.25) is 0 Å². The van der Waals surface area contributed by atoms with Gasteiger partial charge in [0.1, 0.15) is 18.4 Å². The second kappa shape index (κ2) is 19.3. The molecule has 4 rings (SSSR count). The fourth-order valence-electron chi connectivity index (χ4n) is 4.75. The third-order valence-corrected chi connectivity index (χ3v) is 7.44. The van der Waals surface area contributed by atoms with Crippen molar-refractivity contribution in [2.45, 2.75) is 78.4 Å². The first kappa shape index (κ1) is 37.0. The number of nitrogens with zero attached hydrogens (tertiary/aromatic N) is 2. The lowest BCUT2D eigenvalue weighted by Crippen LogP contribution is -2.51. The van der Waals surface area contributed by atoms with E-state index in [9.17, 15) is 19.2 Å². The van der Waals surface area contributed by atoms with Crippen LogP contribution in [0.1, 0.15) is 58.6 Å². The first-order valence-electron chi connectivity index (χ1n) is 15.5. The topological polar surface area (TPSA) is 130 Å². The molecule has 10 heteroatoms. The highest BCUT2D eigenvalue weighted by molar-refractivity contribution is 5.86. The Hall–Kier alpha value is -4.15. The molecular formula is C35H49N5O5. The average molecular weight is 620 g/mol. The Kier molecular flexibility index (Phi) is 15.9. The Morgan fingerprint density at radius 2 is 1.76 bits per heavy atom. The zero-order chi connectivity index (χ0) is 33.4. The number of benzene rings is 2. The van der Waals surface area contributed by atoms with Gasteiger partial charge in [0, 0.05) is 30.7 Å². The third-order valence-electron chi connectivity index (χ3n) is 7.44. The van der Waals surface area contributed by atoms with E-state index < -0.39 is 12.1 Å². The van der Waals surface area contributed by atoms with Gasteiger partial charge in [-0.2, -0.15) is 0 Å². The number of aromatic nitrogens is 1. The number of methoxy groups -OCH3 is 1. The van der Waals surface area contributed by atoms with Crippen molar-refractivity contribution in [1.29, 1.82) is 0 Å². The molecule has 1 saturated heterocycles. The van der Waals surface area contributed by atoms with Crippen molar-refractivity contribution in [2.24, 2.45) is 5.92 Å². The predicted octanol–water partition coefficient (Wildman–Crippen LogP) is 4.25. The lowest BCUT2D eigenvalue weighted by Gasteiger charge is -2.29. The minimum absolute atomic E-state index is 0.0148. The lowest BCUT2D eigenvalue weighted by atomic mass is 10.0. The second-order valence-corrected chi connectivity index (χ2v) is 11.4. The first-order valence-corrected chi connectivity index (χ1v) is 15.5. The molecule has 1 aromatic heterocycles. The number of esters is 1. The maximum absolute atomic E-state index is 11.5. The van der Waals surface area contributed by atoms with E-state index in [-0.39, 0.29) is 23.8 Å². The molecule has 0 bridgehead atoms. The molecule has 3 N–H and O–H groups in total. The molecule has 10 nitrogen and oxygen atoms in total. The number of carbonyl (C=O) groups excluding carboxylic acids is 4. The van der Waals surface area contributed by atoms with Crippen LogP contribution in [0.5, 0.6) is 0 Å². The maximum atomic E-state index is 11.5.